The number of benzene rings is 2. The summed E-state index contributed by atoms with van der Waals surface area (Å²) in [6.07, 6.45) is 0. The number of hydrogen-bond donors (Lipinski definition) is 1. The molecule has 0 fully saturated rings. The lowest BCUT2D eigenvalue weighted by atomic mass is 10.2. The summed E-state index contributed by atoms with van der Waals surface area (Å²) >= 11 is 6.42. The molecule has 2 rings (SSSR count). The molecule has 0 radical (unpaired) electrons. The van der Waals surface area contributed by atoms with E-state index in [0.717, 1.165) is 16.0 Å². The Morgan fingerprint density at radius 2 is 1.68 bits per heavy atom. The van der Waals surface area contributed by atoms with E-state index in [1.165, 1.54) is 11.4 Å². The summed E-state index contributed by atoms with van der Waals surface area (Å²) in [5, 5.41) is 0. The molecule has 0 heterocycles. The topological polar surface area (TPSA) is 29.5 Å². The van der Waals surface area contributed by atoms with Crippen molar-refractivity contribution in [2.75, 3.05) is 0 Å². The molecule has 2 aromatic carbocycles. The smallest absolute Gasteiger partial charge is 0.299 e. The summed E-state index contributed by atoms with van der Waals surface area (Å²) in [5.41, 5.74) is -0.714. The van der Waals surface area contributed by atoms with Gasteiger partial charge in [-0.2, -0.15) is 0 Å². The van der Waals surface area contributed by atoms with Gasteiger partial charge in [-0.15, -0.1) is 0 Å². The van der Waals surface area contributed by atoms with Gasteiger partial charge in [0.15, 0.2) is 0 Å². The molecule has 0 amide bonds. The van der Waals surface area contributed by atoms with E-state index in [9.17, 15) is 4.89 Å². The highest BCUT2D eigenvalue weighted by Crippen LogP contribution is 2.59. The minimum absolute atomic E-state index is 0.617. The highest BCUT2D eigenvalue weighted by Gasteiger charge is 2.18. The van der Waals surface area contributed by atoms with Crippen molar-refractivity contribution in [1.82, 2.24) is 0 Å². The molecule has 2 nitrogen and oxygen atoms in total. The largest absolute Gasteiger partial charge is 0.436 e. The van der Waals surface area contributed by atoms with Crippen LogP contribution in [0.4, 0.5) is 0 Å². The predicted octanol–water partition coefficient (Wildman–Crippen LogP) is 4.69. The molecule has 2 aromatic rings. The summed E-state index contributed by atoms with van der Waals surface area (Å²) in [6.45, 7) is 3.98. The van der Waals surface area contributed by atoms with Crippen LogP contribution in [0, 0.1) is 13.8 Å². The highest BCUT2D eigenvalue weighted by atomic mass is 32.9. The van der Waals surface area contributed by atoms with Gasteiger partial charge in [-0.3, -0.25) is 0 Å². The molecule has 0 saturated carbocycles. The Kier molecular flexibility index (Phi) is 4.69. The fraction of sp³-hybridized carbons (Fsp3) is 0.143. The average molecular weight is 310 g/mol. The third-order valence-electron chi connectivity index (χ3n) is 2.42. The first kappa shape index (κ1) is 14.6. The average Bonchev–Trinajstić information content (AvgIpc) is 2.27. The van der Waals surface area contributed by atoms with Gasteiger partial charge in [-0.05, 0) is 66.9 Å². The summed E-state index contributed by atoms with van der Waals surface area (Å²) in [7, 11) is 0. The SMILES string of the molecule is Cc1cccc(OP(O)(=S)Sc2cccc(C)c2)c1. The zero-order chi connectivity index (χ0) is 13.9. The molecule has 0 spiro atoms. The van der Waals surface area contributed by atoms with E-state index >= 15 is 0 Å². The van der Waals surface area contributed by atoms with E-state index < -0.39 is 5.69 Å². The van der Waals surface area contributed by atoms with Crippen molar-refractivity contribution in [2.45, 2.75) is 18.7 Å². The standard InChI is InChI=1S/C14H15O2PS2/c1-11-5-3-7-13(9-11)16-17(15,18)19-14-8-4-6-12(2)10-14/h3-10H,1-2H3,(H,15,18). The van der Waals surface area contributed by atoms with Crippen LogP contribution < -0.4 is 4.52 Å². The Morgan fingerprint density at radius 3 is 2.32 bits per heavy atom. The van der Waals surface area contributed by atoms with E-state index in [0.29, 0.717) is 5.75 Å². The third-order valence-corrected chi connectivity index (χ3v) is 6.00. The second-order valence-electron chi connectivity index (χ2n) is 4.28. The number of aryl methyl sites for hydroxylation is 2. The first-order valence-electron chi connectivity index (χ1n) is 5.80. The summed E-state index contributed by atoms with van der Waals surface area (Å²) in [6, 6.07) is 15.4. The van der Waals surface area contributed by atoms with Crippen molar-refractivity contribution >= 4 is 28.9 Å². The van der Waals surface area contributed by atoms with Crippen LogP contribution in [0.15, 0.2) is 53.4 Å². The molecule has 0 saturated heterocycles. The maximum Gasteiger partial charge on any atom is 0.299 e. The maximum atomic E-state index is 10.3. The van der Waals surface area contributed by atoms with Crippen LogP contribution in [0.3, 0.4) is 0 Å². The van der Waals surface area contributed by atoms with Crippen molar-refractivity contribution in [3.63, 3.8) is 0 Å². The Bertz CT molecular complexity index is 577. The second-order valence-corrected chi connectivity index (χ2v) is 10.3. The molecule has 1 N–H and O–H groups in total. The predicted molar refractivity (Wildman–Crippen MR) is 85.3 cm³/mol. The Labute approximate surface area is 122 Å². The minimum Gasteiger partial charge on any atom is -0.436 e. The van der Waals surface area contributed by atoms with E-state index in [1.54, 1.807) is 6.07 Å². The first-order valence-corrected chi connectivity index (χ1v) is 9.89. The van der Waals surface area contributed by atoms with E-state index in [4.69, 9.17) is 16.3 Å². The van der Waals surface area contributed by atoms with Gasteiger partial charge in [-0.1, -0.05) is 29.8 Å². The van der Waals surface area contributed by atoms with Gasteiger partial charge in [-0.25, -0.2) is 0 Å². The molecular formula is C14H15O2PS2. The fourth-order valence-corrected chi connectivity index (χ4v) is 5.23. The Balaban J connectivity index is 2.12. The fourth-order valence-electron chi connectivity index (χ4n) is 1.63. The van der Waals surface area contributed by atoms with Crippen molar-refractivity contribution in [3.05, 3.63) is 59.7 Å². The van der Waals surface area contributed by atoms with Crippen LogP contribution in [0.1, 0.15) is 11.1 Å². The van der Waals surface area contributed by atoms with Crippen molar-refractivity contribution in [3.8, 4) is 5.75 Å². The lowest BCUT2D eigenvalue weighted by Crippen LogP contribution is -1.88. The minimum atomic E-state index is -2.93. The molecule has 0 aliphatic heterocycles. The zero-order valence-electron chi connectivity index (χ0n) is 10.7. The van der Waals surface area contributed by atoms with E-state index in [1.807, 2.05) is 56.3 Å². The van der Waals surface area contributed by atoms with Crippen LogP contribution in [0.5, 0.6) is 5.75 Å². The van der Waals surface area contributed by atoms with Crippen molar-refractivity contribution < 1.29 is 9.42 Å². The van der Waals surface area contributed by atoms with Gasteiger partial charge < -0.3 is 9.42 Å². The lowest BCUT2D eigenvalue weighted by molar-refractivity contribution is 0.504. The highest BCUT2D eigenvalue weighted by molar-refractivity contribution is 8.67. The van der Waals surface area contributed by atoms with Crippen molar-refractivity contribution in [1.29, 1.82) is 0 Å². The maximum absolute atomic E-state index is 10.3. The summed E-state index contributed by atoms with van der Waals surface area (Å²) in [5.74, 6) is 0.617. The second kappa shape index (κ2) is 6.10. The molecule has 100 valence electrons. The number of rotatable bonds is 4. The van der Waals surface area contributed by atoms with Crippen LogP contribution in [-0.4, -0.2) is 4.89 Å². The van der Waals surface area contributed by atoms with E-state index in [-0.39, 0.29) is 0 Å². The molecule has 19 heavy (non-hydrogen) atoms. The van der Waals surface area contributed by atoms with Crippen LogP contribution >= 0.6 is 17.1 Å². The van der Waals surface area contributed by atoms with Gasteiger partial charge in [0.25, 0.3) is 5.69 Å². The summed E-state index contributed by atoms with van der Waals surface area (Å²) in [4.78, 5) is 11.2. The Morgan fingerprint density at radius 1 is 1.05 bits per heavy atom. The first-order chi connectivity index (χ1) is 8.94. The quantitative estimate of drug-likeness (QED) is 0.830. The normalized spacial score (nSPS) is 13.8. The van der Waals surface area contributed by atoms with Gasteiger partial charge >= 0.3 is 0 Å². The van der Waals surface area contributed by atoms with E-state index in [2.05, 4.69) is 0 Å². The van der Waals surface area contributed by atoms with Crippen molar-refractivity contribution in [2.24, 2.45) is 0 Å². The van der Waals surface area contributed by atoms with Gasteiger partial charge in [0.1, 0.15) is 5.75 Å². The summed E-state index contributed by atoms with van der Waals surface area (Å²) < 4.78 is 5.57. The zero-order valence-corrected chi connectivity index (χ0v) is 13.3. The van der Waals surface area contributed by atoms with Gasteiger partial charge in [0, 0.05) is 4.90 Å². The molecule has 0 aromatic heterocycles. The Hall–Kier alpha value is -0.800. The van der Waals surface area contributed by atoms with Gasteiger partial charge in [0.2, 0.25) is 0 Å². The third kappa shape index (κ3) is 4.66. The molecule has 0 aliphatic rings. The van der Waals surface area contributed by atoms with Crippen LogP contribution in [-0.2, 0) is 11.8 Å². The van der Waals surface area contributed by atoms with Crippen LogP contribution in [0.2, 0.25) is 0 Å². The number of hydrogen-bond acceptors (Lipinski definition) is 3. The lowest BCUT2D eigenvalue weighted by Gasteiger charge is -2.16. The monoisotopic (exact) mass is 310 g/mol. The molecule has 1 unspecified atom stereocenters. The molecule has 0 bridgehead atoms. The van der Waals surface area contributed by atoms with Gasteiger partial charge in [0.05, 0.1) is 0 Å². The van der Waals surface area contributed by atoms with Crippen LogP contribution in [0.25, 0.3) is 0 Å². The molecule has 5 heteroatoms. The molecule has 1 atom stereocenters. The molecule has 0 aliphatic carbocycles. The molecular weight excluding hydrogens is 295 g/mol.